The molecule has 1 amide bonds. The molecule has 134 valence electrons. The number of carbonyl (C=O) groups excluding carboxylic acids is 1. The van der Waals surface area contributed by atoms with Gasteiger partial charge in [-0.1, -0.05) is 6.92 Å². The fourth-order valence-corrected chi connectivity index (χ4v) is 3.74. The Morgan fingerprint density at radius 2 is 2.17 bits per heavy atom. The Labute approximate surface area is 142 Å². The lowest BCUT2D eigenvalue weighted by molar-refractivity contribution is 0.0535. The van der Waals surface area contributed by atoms with Crippen LogP contribution in [0.5, 0.6) is 0 Å². The van der Waals surface area contributed by atoms with Gasteiger partial charge in [0.05, 0.1) is 16.6 Å². The molecular weight excluding hydrogens is 335 g/mol. The molecule has 1 aliphatic heterocycles. The van der Waals surface area contributed by atoms with Gasteiger partial charge in [0, 0.05) is 26.2 Å². The maximum Gasteiger partial charge on any atom is 0.256 e. The van der Waals surface area contributed by atoms with Gasteiger partial charge in [0.15, 0.2) is 0 Å². The summed E-state index contributed by atoms with van der Waals surface area (Å²) in [6, 6.07) is 3.26. The van der Waals surface area contributed by atoms with Crippen LogP contribution in [0, 0.1) is 5.82 Å². The molecule has 6 nitrogen and oxygen atoms in total. The number of nitrogens with zero attached hydrogens (tertiary/aromatic N) is 1. The van der Waals surface area contributed by atoms with Crippen molar-refractivity contribution in [2.24, 2.45) is 0 Å². The first-order valence-electron chi connectivity index (χ1n) is 8.09. The summed E-state index contributed by atoms with van der Waals surface area (Å²) in [6.07, 6.45) is 1.76. The Hall–Kier alpha value is -1.51. The highest BCUT2D eigenvalue weighted by Gasteiger charge is 2.25. The fraction of sp³-hybridized carbons (Fsp3) is 0.562. The van der Waals surface area contributed by atoms with Crippen molar-refractivity contribution >= 4 is 15.9 Å². The van der Waals surface area contributed by atoms with Gasteiger partial charge < -0.3 is 9.64 Å². The maximum atomic E-state index is 14.1. The van der Waals surface area contributed by atoms with Gasteiger partial charge in [-0.15, -0.1) is 0 Å². The second-order valence-electron chi connectivity index (χ2n) is 5.62. The third kappa shape index (κ3) is 4.31. The van der Waals surface area contributed by atoms with Crippen LogP contribution in [0.4, 0.5) is 4.39 Å². The molecule has 1 aliphatic rings. The maximum absolute atomic E-state index is 14.1. The summed E-state index contributed by atoms with van der Waals surface area (Å²) >= 11 is 0. The molecule has 0 aliphatic carbocycles. The Kier molecular flexibility index (Phi) is 6.31. The van der Waals surface area contributed by atoms with Gasteiger partial charge in [-0.2, -0.15) is 0 Å². The molecular formula is C16H23FN2O4S. The number of sulfonamides is 1. The molecule has 0 bridgehead atoms. The van der Waals surface area contributed by atoms with E-state index in [1.807, 2.05) is 0 Å². The van der Waals surface area contributed by atoms with Crippen LogP contribution < -0.4 is 4.72 Å². The quantitative estimate of drug-likeness (QED) is 0.806. The summed E-state index contributed by atoms with van der Waals surface area (Å²) in [5, 5.41) is 0. The van der Waals surface area contributed by atoms with E-state index in [9.17, 15) is 17.6 Å². The van der Waals surface area contributed by atoms with Gasteiger partial charge in [-0.25, -0.2) is 17.5 Å². The zero-order valence-corrected chi connectivity index (χ0v) is 14.7. The highest BCUT2D eigenvalue weighted by molar-refractivity contribution is 7.89. The van der Waals surface area contributed by atoms with Crippen molar-refractivity contribution in [3.8, 4) is 0 Å². The number of hydrogen-bond donors (Lipinski definition) is 1. The molecule has 24 heavy (non-hydrogen) atoms. The summed E-state index contributed by atoms with van der Waals surface area (Å²) in [5.74, 6) is -1.26. The monoisotopic (exact) mass is 358 g/mol. The van der Waals surface area contributed by atoms with E-state index in [1.54, 1.807) is 13.8 Å². The second kappa shape index (κ2) is 8.04. The summed E-state index contributed by atoms with van der Waals surface area (Å²) < 4.78 is 46.1. The first-order chi connectivity index (χ1) is 11.4. The predicted octanol–water partition coefficient (Wildman–Crippen LogP) is 1.76. The van der Waals surface area contributed by atoms with Gasteiger partial charge in [0.2, 0.25) is 10.0 Å². The van der Waals surface area contributed by atoms with Crippen LogP contribution in [0.3, 0.4) is 0 Å². The topological polar surface area (TPSA) is 75.7 Å². The number of halogens is 1. The lowest BCUT2D eigenvalue weighted by atomic mass is 10.1. The molecule has 1 aromatic rings. The van der Waals surface area contributed by atoms with Gasteiger partial charge in [-0.3, -0.25) is 4.79 Å². The minimum atomic E-state index is -3.75. The first-order valence-corrected chi connectivity index (χ1v) is 9.57. The van der Waals surface area contributed by atoms with E-state index < -0.39 is 21.7 Å². The summed E-state index contributed by atoms with van der Waals surface area (Å²) in [7, 11) is -3.75. The minimum Gasteiger partial charge on any atom is -0.376 e. The number of carbonyl (C=O) groups is 1. The van der Waals surface area contributed by atoms with Crippen LogP contribution in [-0.2, 0) is 14.8 Å². The average molecular weight is 358 g/mol. The van der Waals surface area contributed by atoms with Crippen LogP contribution in [-0.4, -0.2) is 51.6 Å². The average Bonchev–Trinajstić information content (AvgIpc) is 3.05. The molecule has 8 heteroatoms. The SMILES string of the molecule is CCNS(=O)(=O)c1ccc(F)c(C(=O)N(CC)CC2CCCO2)c1. The zero-order valence-electron chi connectivity index (χ0n) is 13.9. The molecule has 1 unspecified atom stereocenters. The van der Waals surface area contributed by atoms with Gasteiger partial charge in [0.25, 0.3) is 5.91 Å². The predicted molar refractivity (Wildman–Crippen MR) is 87.8 cm³/mol. The summed E-state index contributed by atoms with van der Waals surface area (Å²) in [4.78, 5) is 14.0. The van der Waals surface area contributed by atoms with Crippen molar-refractivity contribution in [3.63, 3.8) is 0 Å². The van der Waals surface area contributed by atoms with Crippen LogP contribution in [0.15, 0.2) is 23.1 Å². The van der Waals surface area contributed by atoms with E-state index in [2.05, 4.69) is 4.72 Å². The number of hydrogen-bond acceptors (Lipinski definition) is 4. The van der Waals surface area contributed by atoms with E-state index in [4.69, 9.17) is 4.74 Å². The van der Waals surface area contributed by atoms with Crippen molar-refractivity contribution in [3.05, 3.63) is 29.6 Å². The molecule has 0 saturated carbocycles. The third-order valence-corrected chi connectivity index (χ3v) is 5.47. The van der Waals surface area contributed by atoms with E-state index in [0.717, 1.165) is 31.0 Å². The number of benzene rings is 1. The molecule has 0 radical (unpaired) electrons. The van der Waals surface area contributed by atoms with Crippen molar-refractivity contribution in [1.29, 1.82) is 0 Å². The molecule has 1 aromatic carbocycles. The van der Waals surface area contributed by atoms with Crippen molar-refractivity contribution < 1.29 is 22.3 Å². The molecule has 1 atom stereocenters. The first kappa shape index (κ1) is 18.8. The van der Waals surface area contributed by atoms with E-state index in [-0.39, 0.29) is 23.1 Å². The Morgan fingerprint density at radius 1 is 1.42 bits per heavy atom. The van der Waals surface area contributed by atoms with Crippen molar-refractivity contribution in [1.82, 2.24) is 9.62 Å². The van der Waals surface area contributed by atoms with Crippen LogP contribution >= 0.6 is 0 Å². The molecule has 1 saturated heterocycles. The van der Waals surface area contributed by atoms with Crippen LogP contribution in [0.1, 0.15) is 37.0 Å². The van der Waals surface area contributed by atoms with E-state index in [0.29, 0.717) is 19.7 Å². The Balaban J connectivity index is 2.26. The van der Waals surface area contributed by atoms with Crippen molar-refractivity contribution in [2.45, 2.75) is 37.7 Å². The lowest BCUT2D eigenvalue weighted by Crippen LogP contribution is -2.37. The van der Waals surface area contributed by atoms with Gasteiger partial charge >= 0.3 is 0 Å². The zero-order chi connectivity index (χ0) is 17.7. The third-order valence-electron chi connectivity index (χ3n) is 3.93. The number of amides is 1. The van der Waals surface area contributed by atoms with Gasteiger partial charge in [0.1, 0.15) is 5.82 Å². The second-order valence-corrected chi connectivity index (χ2v) is 7.39. The normalized spacial score (nSPS) is 17.9. The molecule has 1 heterocycles. The number of nitrogens with one attached hydrogen (secondary N) is 1. The number of rotatable bonds is 7. The number of ether oxygens (including phenoxy) is 1. The summed E-state index contributed by atoms with van der Waals surface area (Å²) in [6.45, 7) is 5.09. The van der Waals surface area contributed by atoms with E-state index in [1.165, 1.54) is 4.90 Å². The molecule has 1 fully saturated rings. The van der Waals surface area contributed by atoms with Crippen LogP contribution in [0.2, 0.25) is 0 Å². The Bertz CT molecular complexity index is 687. The van der Waals surface area contributed by atoms with Crippen LogP contribution in [0.25, 0.3) is 0 Å². The fourth-order valence-electron chi connectivity index (χ4n) is 2.67. The minimum absolute atomic E-state index is 0.0503. The highest BCUT2D eigenvalue weighted by Crippen LogP contribution is 2.19. The molecule has 2 rings (SSSR count). The van der Waals surface area contributed by atoms with Crippen molar-refractivity contribution in [2.75, 3.05) is 26.2 Å². The lowest BCUT2D eigenvalue weighted by Gasteiger charge is -2.24. The molecule has 0 aromatic heterocycles. The highest BCUT2D eigenvalue weighted by atomic mass is 32.2. The Morgan fingerprint density at radius 3 is 2.75 bits per heavy atom. The van der Waals surface area contributed by atoms with Gasteiger partial charge in [-0.05, 0) is 38.0 Å². The standard InChI is InChI=1S/C16H23FN2O4S/c1-3-18-24(21,22)13-7-8-15(17)14(10-13)16(20)19(4-2)11-12-6-5-9-23-12/h7-8,10,12,18H,3-6,9,11H2,1-2H3. The molecule has 1 N–H and O–H groups in total. The number of likely N-dealkylation sites (N-methyl/N-ethyl adjacent to an activating group) is 1. The summed E-state index contributed by atoms with van der Waals surface area (Å²) in [5.41, 5.74) is -0.242. The smallest absolute Gasteiger partial charge is 0.256 e. The van der Waals surface area contributed by atoms with E-state index >= 15 is 0 Å². The molecule has 0 spiro atoms. The largest absolute Gasteiger partial charge is 0.376 e.